The zero-order valence-electron chi connectivity index (χ0n) is 8.81. The molecule has 2 aromatic rings. The van der Waals surface area contributed by atoms with Gasteiger partial charge in [-0.3, -0.25) is 0 Å². The first-order chi connectivity index (χ1) is 8.00. The molecule has 1 unspecified atom stereocenters. The molecule has 1 nitrogen and oxygen atoms in total. The summed E-state index contributed by atoms with van der Waals surface area (Å²) in [6, 6.07) is 4.89. The molecule has 2 rings (SSSR count). The minimum atomic E-state index is -0.301. The minimum Gasteiger partial charge on any atom is -0.457 e. The van der Waals surface area contributed by atoms with Gasteiger partial charge in [0.2, 0.25) is 0 Å². The lowest BCUT2D eigenvalue weighted by molar-refractivity contribution is 0.537. The standard InChI is InChI=1S/C12H8Br2ClFO/c1-6-4-8(9(15)5-10(6)16)11(13)7-2-3-17-12(7)14/h2-5,11H,1H3. The second-order valence-electron chi connectivity index (χ2n) is 3.64. The molecule has 1 aromatic carbocycles. The Morgan fingerprint density at radius 2 is 2.06 bits per heavy atom. The topological polar surface area (TPSA) is 13.1 Å². The van der Waals surface area contributed by atoms with E-state index in [1.54, 1.807) is 19.3 Å². The van der Waals surface area contributed by atoms with Crippen LogP contribution in [0.5, 0.6) is 0 Å². The maximum absolute atomic E-state index is 13.3. The van der Waals surface area contributed by atoms with Crippen molar-refractivity contribution < 1.29 is 8.81 Å². The van der Waals surface area contributed by atoms with E-state index >= 15 is 0 Å². The molecule has 1 heterocycles. The monoisotopic (exact) mass is 380 g/mol. The van der Waals surface area contributed by atoms with E-state index in [0.29, 0.717) is 15.3 Å². The average molecular weight is 382 g/mol. The van der Waals surface area contributed by atoms with Crippen LogP contribution in [-0.4, -0.2) is 0 Å². The molecule has 0 saturated carbocycles. The highest BCUT2D eigenvalue weighted by molar-refractivity contribution is 9.10. The first kappa shape index (κ1) is 13.1. The molecule has 0 aliphatic carbocycles. The van der Waals surface area contributed by atoms with Gasteiger partial charge in [0.15, 0.2) is 4.67 Å². The maximum atomic E-state index is 13.3. The Bertz CT molecular complexity index is 553. The van der Waals surface area contributed by atoms with Crippen LogP contribution in [0.15, 0.2) is 33.5 Å². The maximum Gasteiger partial charge on any atom is 0.173 e. The average Bonchev–Trinajstić information content (AvgIpc) is 2.69. The Morgan fingerprint density at radius 3 is 2.65 bits per heavy atom. The van der Waals surface area contributed by atoms with E-state index in [-0.39, 0.29) is 10.6 Å². The van der Waals surface area contributed by atoms with Crippen molar-refractivity contribution in [2.45, 2.75) is 11.8 Å². The molecule has 0 bridgehead atoms. The molecule has 0 saturated heterocycles. The third-order valence-corrected chi connectivity index (χ3v) is 4.43. The summed E-state index contributed by atoms with van der Waals surface area (Å²) < 4.78 is 19.1. The van der Waals surface area contributed by atoms with Crippen molar-refractivity contribution >= 4 is 43.5 Å². The number of hydrogen-bond acceptors (Lipinski definition) is 1. The van der Waals surface area contributed by atoms with Crippen molar-refractivity contribution in [2.75, 3.05) is 0 Å². The molecule has 0 spiro atoms. The lowest BCUT2D eigenvalue weighted by Gasteiger charge is -2.12. The van der Waals surface area contributed by atoms with Gasteiger partial charge in [0.05, 0.1) is 11.1 Å². The molecule has 0 aliphatic heterocycles. The highest BCUT2D eigenvalue weighted by atomic mass is 79.9. The van der Waals surface area contributed by atoms with Gasteiger partial charge in [0.1, 0.15) is 5.82 Å². The Kier molecular flexibility index (Phi) is 3.95. The Morgan fingerprint density at radius 1 is 1.35 bits per heavy atom. The van der Waals surface area contributed by atoms with Crippen molar-refractivity contribution in [2.24, 2.45) is 0 Å². The van der Waals surface area contributed by atoms with Crippen LogP contribution in [0.25, 0.3) is 0 Å². The molecular weight excluding hydrogens is 374 g/mol. The second kappa shape index (κ2) is 5.12. The lowest BCUT2D eigenvalue weighted by atomic mass is 10.0. The third kappa shape index (κ3) is 2.59. The molecule has 0 amide bonds. The number of aryl methyl sites for hydroxylation is 1. The van der Waals surface area contributed by atoms with Crippen LogP contribution < -0.4 is 0 Å². The summed E-state index contributed by atoms with van der Waals surface area (Å²) in [6.07, 6.45) is 1.58. The van der Waals surface area contributed by atoms with Crippen molar-refractivity contribution in [1.82, 2.24) is 0 Å². The number of hydrogen-bond donors (Lipinski definition) is 0. The van der Waals surface area contributed by atoms with Crippen LogP contribution in [0.1, 0.15) is 21.5 Å². The fraction of sp³-hybridized carbons (Fsp3) is 0.167. The van der Waals surface area contributed by atoms with E-state index in [0.717, 1.165) is 11.1 Å². The van der Waals surface area contributed by atoms with Gasteiger partial charge in [-0.15, -0.1) is 0 Å². The number of alkyl halides is 1. The number of rotatable bonds is 2. The first-order valence-corrected chi connectivity index (χ1v) is 6.92. The minimum absolute atomic E-state index is 0.137. The van der Waals surface area contributed by atoms with E-state index in [2.05, 4.69) is 31.9 Å². The summed E-state index contributed by atoms with van der Waals surface area (Å²) in [4.78, 5) is -0.137. The molecular formula is C12H8Br2ClFO. The van der Waals surface area contributed by atoms with Gasteiger partial charge >= 0.3 is 0 Å². The van der Waals surface area contributed by atoms with Gasteiger partial charge in [0.25, 0.3) is 0 Å². The fourth-order valence-corrected chi connectivity index (χ4v) is 3.43. The van der Waals surface area contributed by atoms with Gasteiger partial charge in [0, 0.05) is 10.6 Å². The molecule has 5 heteroatoms. The van der Waals surface area contributed by atoms with Crippen molar-refractivity contribution in [3.63, 3.8) is 0 Å². The zero-order valence-corrected chi connectivity index (χ0v) is 12.7. The normalized spacial score (nSPS) is 12.8. The molecule has 1 atom stereocenters. The lowest BCUT2D eigenvalue weighted by Crippen LogP contribution is -1.96. The number of halogens is 4. The fourth-order valence-electron chi connectivity index (χ4n) is 1.53. The van der Waals surface area contributed by atoms with E-state index < -0.39 is 0 Å². The SMILES string of the molecule is Cc1cc(C(Br)c2ccoc2Br)c(Cl)cc1F. The predicted octanol–water partition coefficient (Wildman–Crippen LogP) is 5.63. The molecule has 90 valence electrons. The molecule has 0 N–H and O–H groups in total. The predicted molar refractivity (Wildman–Crippen MR) is 73.3 cm³/mol. The summed E-state index contributed by atoms with van der Waals surface area (Å²) in [6.45, 7) is 1.71. The van der Waals surface area contributed by atoms with Gasteiger partial charge in [-0.1, -0.05) is 33.6 Å². The summed E-state index contributed by atoms with van der Waals surface area (Å²) in [5, 5.41) is 0.392. The third-order valence-electron chi connectivity index (χ3n) is 2.47. The number of furan rings is 1. The van der Waals surface area contributed by atoms with E-state index in [1.165, 1.54) is 6.07 Å². The highest BCUT2D eigenvalue weighted by Crippen LogP contribution is 2.39. The Labute approximate surface area is 120 Å². The van der Waals surface area contributed by atoms with Crippen molar-refractivity contribution in [3.8, 4) is 0 Å². The van der Waals surface area contributed by atoms with E-state index in [9.17, 15) is 4.39 Å². The summed E-state index contributed by atoms with van der Waals surface area (Å²) in [5.41, 5.74) is 2.29. The number of benzene rings is 1. The summed E-state index contributed by atoms with van der Waals surface area (Å²) in [7, 11) is 0. The van der Waals surface area contributed by atoms with E-state index in [4.69, 9.17) is 16.0 Å². The highest BCUT2D eigenvalue weighted by Gasteiger charge is 2.19. The Balaban J connectivity index is 2.48. The van der Waals surface area contributed by atoms with Gasteiger partial charge < -0.3 is 4.42 Å². The quantitative estimate of drug-likeness (QED) is 0.614. The van der Waals surface area contributed by atoms with Crippen LogP contribution in [0.2, 0.25) is 5.02 Å². The van der Waals surface area contributed by atoms with Gasteiger partial charge in [-0.2, -0.15) is 0 Å². The first-order valence-electron chi connectivity index (χ1n) is 4.83. The second-order valence-corrected chi connectivity index (χ2v) is 5.68. The van der Waals surface area contributed by atoms with Crippen LogP contribution in [-0.2, 0) is 0 Å². The van der Waals surface area contributed by atoms with Gasteiger partial charge in [-0.05, 0) is 46.1 Å². The largest absolute Gasteiger partial charge is 0.457 e. The van der Waals surface area contributed by atoms with Crippen LogP contribution >= 0.6 is 43.5 Å². The molecule has 17 heavy (non-hydrogen) atoms. The molecule has 0 aliphatic rings. The molecule has 1 aromatic heterocycles. The van der Waals surface area contributed by atoms with Crippen LogP contribution in [0.3, 0.4) is 0 Å². The van der Waals surface area contributed by atoms with Crippen molar-refractivity contribution in [3.05, 3.63) is 56.7 Å². The molecule has 0 radical (unpaired) electrons. The van der Waals surface area contributed by atoms with Crippen molar-refractivity contribution in [1.29, 1.82) is 0 Å². The Hall–Kier alpha value is -0.320. The van der Waals surface area contributed by atoms with Crippen LogP contribution in [0.4, 0.5) is 4.39 Å². The summed E-state index contributed by atoms with van der Waals surface area (Å²) >= 11 is 12.9. The smallest absolute Gasteiger partial charge is 0.173 e. The summed E-state index contributed by atoms with van der Waals surface area (Å²) in [5.74, 6) is -0.301. The van der Waals surface area contributed by atoms with Crippen LogP contribution in [0, 0.1) is 12.7 Å². The molecule has 0 fully saturated rings. The van der Waals surface area contributed by atoms with Gasteiger partial charge in [-0.25, -0.2) is 4.39 Å². The zero-order chi connectivity index (χ0) is 12.6. The van der Waals surface area contributed by atoms with E-state index in [1.807, 2.05) is 6.07 Å².